The largest absolute Gasteiger partial charge is 0.573 e. The number of carbonyl (C=O) groups excluding carboxylic acids is 1. The van der Waals surface area contributed by atoms with E-state index in [1.54, 1.807) is 6.07 Å². The number of likely N-dealkylation sites (tertiary alicyclic amines) is 1. The maximum absolute atomic E-state index is 12.4. The van der Waals surface area contributed by atoms with Gasteiger partial charge in [0.05, 0.1) is 5.52 Å². The van der Waals surface area contributed by atoms with Gasteiger partial charge in [0.25, 0.3) is 0 Å². The van der Waals surface area contributed by atoms with Gasteiger partial charge in [0.2, 0.25) is 5.91 Å². The first-order valence-electron chi connectivity index (χ1n) is 12.0. The molecule has 0 saturated carbocycles. The molecule has 0 aliphatic carbocycles. The molecule has 9 heteroatoms. The Morgan fingerprint density at radius 3 is 2.56 bits per heavy atom. The van der Waals surface area contributed by atoms with Crippen molar-refractivity contribution < 1.29 is 22.7 Å². The lowest BCUT2D eigenvalue weighted by atomic mass is 10.1. The summed E-state index contributed by atoms with van der Waals surface area (Å²) in [7, 11) is 0. The smallest absolute Gasteiger partial charge is 0.406 e. The number of nitrogens with zero attached hydrogens (tertiary/aromatic N) is 2. The lowest BCUT2D eigenvalue weighted by Gasteiger charge is -2.26. The Morgan fingerprint density at radius 1 is 1.08 bits per heavy atom. The van der Waals surface area contributed by atoms with Gasteiger partial charge < -0.3 is 20.3 Å². The van der Waals surface area contributed by atoms with Gasteiger partial charge in [-0.3, -0.25) is 4.79 Å². The second-order valence-electron chi connectivity index (χ2n) is 8.82. The third-order valence-corrected chi connectivity index (χ3v) is 6.01. The molecule has 0 radical (unpaired) electrons. The van der Waals surface area contributed by atoms with Gasteiger partial charge in [0, 0.05) is 30.2 Å². The van der Waals surface area contributed by atoms with Crippen molar-refractivity contribution in [2.45, 2.75) is 32.5 Å². The topological polar surface area (TPSA) is 66.5 Å². The van der Waals surface area contributed by atoms with Crippen molar-refractivity contribution in [2.24, 2.45) is 0 Å². The van der Waals surface area contributed by atoms with Crippen LogP contribution >= 0.6 is 0 Å². The van der Waals surface area contributed by atoms with Crippen LogP contribution in [0.4, 0.5) is 24.7 Å². The van der Waals surface area contributed by atoms with Crippen molar-refractivity contribution in [1.82, 2.24) is 9.88 Å². The summed E-state index contributed by atoms with van der Waals surface area (Å²) >= 11 is 0. The van der Waals surface area contributed by atoms with Crippen molar-refractivity contribution in [3.05, 3.63) is 65.7 Å². The molecule has 1 aliphatic heterocycles. The summed E-state index contributed by atoms with van der Waals surface area (Å²) in [6, 6.07) is 12.8. The molecule has 1 amide bonds. The lowest BCUT2D eigenvalue weighted by molar-refractivity contribution is -0.274. The number of pyridine rings is 1. The number of rotatable bonds is 8. The quantitative estimate of drug-likeness (QED) is 0.374. The summed E-state index contributed by atoms with van der Waals surface area (Å²) in [5.74, 6) is 0.166. The molecule has 0 spiro atoms. The maximum atomic E-state index is 12.4. The van der Waals surface area contributed by atoms with E-state index >= 15 is 0 Å². The van der Waals surface area contributed by atoms with E-state index in [1.165, 1.54) is 68.8 Å². The van der Waals surface area contributed by atoms with Crippen molar-refractivity contribution in [3.63, 3.8) is 0 Å². The highest BCUT2D eigenvalue weighted by Gasteiger charge is 2.30. The fourth-order valence-electron chi connectivity index (χ4n) is 4.22. The number of halogens is 3. The van der Waals surface area contributed by atoms with Crippen molar-refractivity contribution in [2.75, 3.05) is 36.8 Å². The van der Waals surface area contributed by atoms with Gasteiger partial charge in [-0.1, -0.05) is 18.6 Å². The van der Waals surface area contributed by atoms with Gasteiger partial charge >= 0.3 is 6.36 Å². The number of hydrogen-bond acceptors (Lipinski definition) is 5. The van der Waals surface area contributed by atoms with E-state index in [1.807, 2.05) is 25.1 Å². The Labute approximate surface area is 208 Å². The monoisotopic (exact) mass is 498 g/mol. The summed E-state index contributed by atoms with van der Waals surface area (Å²) in [5, 5.41) is 7.18. The Bertz CT molecular complexity index is 1220. The Balaban J connectivity index is 1.34. The normalized spacial score (nSPS) is 14.8. The molecular formula is C27H29F3N4O2. The number of anilines is 2. The Kier molecular flexibility index (Phi) is 8.10. The van der Waals surface area contributed by atoms with Gasteiger partial charge in [-0.2, -0.15) is 0 Å². The molecule has 2 N–H and O–H groups in total. The van der Waals surface area contributed by atoms with E-state index in [4.69, 9.17) is 4.98 Å². The Hall–Kier alpha value is -3.59. The van der Waals surface area contributed by atoms with Gasteiger partial charge in [0.1, 0.15) is 11.6 Å². The SMILES string of the molecule is Cc1cc(NCCN2CCCCC2)nc2ccc(NC(=O)C=Cc3ccc(OC(F)(F)F)cc3)cc12. The number of carbonyl (C=O) groups is 1. The minimum absolute atomic E-state index is 0.315. The highest BCUT2D eigenvalue weighted by Crippen LogP contribution is 2.25. The highest BCUT2D eigenvalue weighted by atomic mass is 19.4. The first-order valence-corrected chi connectivity index (χ1v) is 12.0. The minimum atomic E-state index is -4.74. The van der Waals surface area contributed by atoms with Gasteiger partial charge in [-0.05, 0) is 86.5 Å². The second-order valence-corrected chi connectivity index (χ2v) is 8.82. The predicted molar refractivity (Wildman–Crippen MR) is 136 cm³/mol. The summed E-state index contributed by atoms with van der Waals surface area (Å²) < 4.78 is 40.6. The fourth-order valence-corrected chi connectivity index (χ4v) is 4.22. The molecule has 190 valence electrons. The molecule has 1 aromatic heterocycles. The summed E-state index contributed by atoms with van der Waals surface area (Å²) in [6.07, 6.45) is 1.97. The number of aromatic nitrogens is 1. The van der Waals surface area contributed by atoms with Crippen LogP contribution in [0.1, 0.15) is 30.4 Å². The number of piperidine rings is 1. The average Bonchev–Trinajstić information content (AvgIpc) is 2.84. The minimum Gasteiger partial charge on any atom is -0.406 e. The number of ether oxygens (including phenoxy) is 1. The third-order valence-electron chi connectivity index (χ3n) is 6.01. The zero-order chi connectivity index (χ0) is 25.5. The van der Waals surface area contributed by atoms with Gasteiger partial charge in [-0.25, -0.2) is 4.98 Å². The number of benzene rings is 2. The summed E-state index contributed by atoms with van der Waals surface area (Å²) in [6.45, 7) is 6.19. The zero-order valence-electron chi connectivity index (χ0n) is 20.1. The molecule has 0 unspecified atom stereocenters. The van der Waals surface area contributed by atoms with E-state index in [9.17, 15) is 18.0 Å². The number of fused-ring (bicyclic) bond motifs is 1. The molecule has 0 atom stereocenters. The van der Waals surface area contributed by atoms with Crippen LogP contribution in [0.3, 0.4) is 0 Å². The lowest BCUT2D eigenvalue weighted by Crippen LogP contribution is -2.33. The summed E-state index contributed by atoms with van der Waals surface area (Å²) in [5.41, 5.74) is 3.08. The number of hydrogen-bond donors (Lipinski definition) is 2. The van der Waals surface area contributed by atoms with Crippen LogP contribution in [0.5, 0.6) is 5.75 Å². The van der Waals surface area contributed by atoms with Crippen LogP contribution in [-0.2, 0) is 4.79 Å². The molecule has 1 fully saturated rings. The molecule has 3 aromatic rings. The third kappa shape index (κ3) is 7.45. The molecule has 6 nitrogen and oxygen atoms in total. The van der Waals surface area contributed by atoms with Crippen LogP contribution < -0.4 is 15.4 Å². The van der Waals surface area contributed by atoms with Gasteiger partial charge in [0.15, 0.2) is 0 Å². The molecular weight excluding hydrogens is 469 g/mol. The average molecular weight is 499 g/mol. The summed E-state index contributed by atoms with van der Waals surface area (Å²) in [4.78, 5) is 19.5. The predicted octanol–water partition coefficient (Wildman–Crippen LogP) is 5.99. The van der Waals surface area contributed by atoms with Crippen LogP contribution in [-0.4, -0.2) is 48.3 Å². The number of alkyl halides is 3. The standard InChI is InChI=1S/C27H29F3N4O2/c1-19-17-25(31-13-16-34-14-3-2-4-15-34)33-24-11-8-21(18-23(19)24)32-26(35)12-7-20-5-9-22(10-6-20)36-27(28,29)30/h5-12,17-18H,2-4,13-16H2,1H3,(H,31,33)(H,32,35). The van der Waals surface area contributed by atoms with Crippen LogP contribution in [0, 0.1) is 6.92 Å². The number of aryl methyl sites for hydroxylation is 1. The molecule has 1 aliphatic rings. The first-order chi connectivity index (χ1) is 17.2. The second kappa shape index (κ2) is 11.4. The Morgan fingerprint density at radius 2 is 1.83 bits per heavy atom. The molecule has 36 heavy (non-hydrogen) atoms. The fraction of sp³-hybridized carbons (Fsp3) is 0.333. The molecule has 4 rings (SSSR count). The van der Waals surface area contributed by atoms with E-state index in [2.05, 4.69) is 20.3 Å². The number of nitrogens with one attached hydrogen (secondary N) is 2. The van der Waals surface area contributed by atoms with Crippen molar-refractivity contribution >= 4 is 34.4 Å². The van der Waals surface area contributed by atoms with Crippen molar-refractivity contribution in [1.29, 1.82) is 0 Å². The highest BCUT2D eigenvalue weighted by molar-refractivity contribution is 6.03. The van der Waals surface area contributed by atoms with Crippen LogP contribution in [0.15, 0.2) is 54.6 Å². The molecule has 0 bridgehead atoms. The van der Waals surface area contributed by atoms with E-state index in [-0.39, 0.29) is 11.7 Å². The van der Waals surface area contributed by atoms with Crippen molar-refractivity contribution in [3.8, 4) is 5.75 Å². The van der Waals surface area contributed by atoms with E-state index < -0.39 is 6.36 Å². The molecule has 2 heterocycles. The molecule has 2 aromatic carbocycles. The van der Waals surface area contributed by atoms with Crippen LogP contribution in [0.2, 0.25) is 0 Å². The van der Waals surface area contributed by atoms with E-state index in [0.717, 1.165) is 35.4 Å². The number of amides is 1. The molecule has 1 saturated heterocycles. The van der Waals surface area contributed by atoms with E-state index in [0.29, 0.717) is 11.3 Å². The maximum Gasteiger partial charge on any atom is 0.573 e. The first kappa shape index (κ1) is 25.5. The van der Waals surface area contributed by atoms with Crippen LogP contribution in [0.25, 0.3) is 17.0 Å². The zero-order valence-corrected chi connectivity index (χ0v) is 20.1. The van der Waals surface area contributed by atoms with Gasteiger partial charge in [-0.15, -0.1) is 13.2 Å².